The molecule has 0 amide bonds. The first-order chi connectivity index (χ1) is 17.6. The van der Waals surface area contributed by atoms with Gasteiger partial charge in [-0.25, -0.2) is 4.98 Å². The van der Waals surface area contributed by atoms with Crippen molar-refractivity contribution in [2.24, 2.45) is 0 Å². The second-order valence-electron chi connectivity index (χ2n) is 9.98. The Bertz CT molecular complexity index is 1750. The predicted molar refractivity (Wildman–Crippen MR) is 147 cm³/mol. The summed E-state index contributed by atoms with van der Waals surface area (Å²) in [6.07, 6.45) is 3.67. The van der Waals surface area contributed by atoms with Gasteiger partial charge in [0.2, 0.25) is 0 Å². The highest BCUT2D eigenvalue weighted by Crippen LogP contribution is 2.47. The molecule has 7 rings (SSSR count). The van der Waals surface area contributed by atoms with Crippen LogP contribution in [0, 0.1) is 0 Å². The molecule has 1 aliphatic rings. The first-order valence-corrected chi connectivity index (χ1v) is 12.3. The Morgan fingerprint density at radius 2 is 1.28 bits per heavy atom. The largest absolute Gasteiger partial charge is 0.292 e. The summed E-state index contributed by atoms with van der Waals surface area (Å²) in [6, 6.07) is 36.8. The van der Waals surface area contributed by atoms with E-state index < -0.39 is 0 Å². The first-order valence-electron chi connectivity index (χ1n) is 12.3. The Balaban J connectivity index is 1.45. The van der Waals surface area contributed by atoms with Gasteiger partial charge in [0.15, 0.2) is 0 Å². The fourth-order valence-corrected chi connectivity index (χ4v) is 5.63. The smallest absolute Gasteiger partial charge is 0.145 e. The standard InChI is InChI=1S/C33H25N3/c1-33(2)27-12-7-13-29-31(27)36(32(35-29)23-16-18-34-19-17-23)30-15-14-26(21-28(30)33)25-11-6-10-24(20-25)22-8-4-3-5-9-22/h3-21H,1-2H3. The van der Waals surface area contributed by atoms with Crippen molar-refractivity contribution in [3.8, 4) is 39.3 Å². The van der Waals surface area contributed by atoms with E-state index in [1.807, 2.05) is 24.5 Å². The number of nitrogens with zero attached hydrogens (tertiary/aromatic N) is 3. The summed E-state index contributed by atoms with van der Waals surface area (Å²) in [5.74, 6) is 0.954. The lowest BCUT2D eigenvalue weighted by molar-refractivity contribution is 0.629. The lowest BCUT2D eigenvalue weighted by Crippen LogP contribution is -2.26. The molecule has 1 aliphatic heterocycles. The van der Waals surface area contributed by atoms with Gasteiger partial charge < -0.3 is 0 Å². The molecule has 0 atom stereocenters. The van der Waals surface area contributed by atoms with Gasteiger partial charge in [0.25, 0.3) is 0 Å². The fraction of sp³-hybridized carbons (Fsp3) is 0.0909. The lowest BCUT2D eigenvalue weighted by Gasteiger charge is -2.35. The number of rotatable bonds is 3. The van der Waals surface area contributed by atoms with Crippen LogP contribution in [0.2, 0.25) is 0 Å². The van der Waals surface area contributed by atoms with Gasteiger partial charge >= 0.3 is 0 Å². The van der Waals surface area contributed by atoms with Crippen LogP contribution in [0.5, 0.6) is 0 Å². The minimum Gasteiger partial charge on any atom is -0.292 e. The summed E-state index contributed by atoms with van der Waals surface area (Å²) in [5, 5.41) is 0. The molecule has 0 saturated heterocycles. The summed E-state index contributed by atoms with van der Waals surface area (Å²) in [7, 11) is 0. The van der Waals surface area contributed by atoms with E-state index in [0.717, 1.165) is 16.9 Å². The molecule has 0 fully saturated rings. The third kappa shape index (κ3) is 3.06. The molecule has 4 aromatic carbocycles. The van der Waals surface area contributed by atoms with E-state index in [1.165, 1.54) is 44.6 Å². The second-order valence-corrected chi connectivity index (χ2v) is 9.98. The van der Waals surface area contributed by atoms with Gasteiger partial charge in [-0.15, -0.1) is 0 Å². The van der Waals surface area contributed by atoms with E-state index in [9.17, 15) is 0 Å². The van der Waals surface area contributed by atoms with Crippen LogP contribution in [0.4, 0.5) is 0 Å². The molecule has 3 nitrogen and oxygen atoms in total. The van der Waals surface area contributed by atoms with Gasteiger partial charge in [-0.3, -0.25) is 9.55 Å². The normalized spacial score (nSPS) is 13.5. The van der Waals surface area contributed by atoms with Crippen molar-refractivity contribution in [3.05, 3.63) is 127 Å². The molecule has 3 heteroatoms. The van der Waals surface area contributed by atoms with Crippen LogP contribution in [0.15, 0.2) is 116 Å². The van der Waals surface area contributed by atoms with E-state index in [0.29, 0.717) is 0 Å². The molecule has 0 bridgehead atoms. The monoisotopic (exact) mass is 463 g/mol. The Kier molecular flexibility index (Phi) is 4.49. The van der Waals surface area contributed by atoms with Crippen molar-refractivity contribution < 1.29 is 0 Å². The second kappa shape index (κ2) is 7.76. The van der Waals surface area contributed by atoms with Gasteiger partial charge in [0, 0.05) is 23.4 Å². The SMILES string of the molecule is CC1(C)c2cc(-c3cccc(-c4ccccc4)c3)ccc2-n2c(-c3ccncc3)nc3cccc1c32. The van der Waals surface area contributed by atoms with E-state index >= 15 is 0 Å². The molecule has 0 saturated carbocycles. The molecule has 6 aromatic rings. The summed E-state index contributed by atoms with van der Waals surface area (Å²) in [6.45, 7) is 4.65. The number of para-hydroxylation sites is 1. The maximum Gasteiger partial charge on any atom is 0.145 e. The zero-order chi connectivity index (χ0) is 24.3. The molecule has 3 heterocycles. The average Bonchev–Trinajstić information content (AvgIpc) is 3.33. The van der Waals surface area contributed by atoms with E-state index in [-0.39, 0.29) is 5.41 Å². The molecule has 2 aromatic heterocycles. The minimum absolute atomic E-state index is 0.159. The minimum atomic E-state index is -0.159. The third-order valence-electron chi connectivity index (χ3n) is 7.50. The van der Waals surface area contributed by atoms with Crippen molar-refractivity contribution in [2.75, 3.05) is 0 Å². The van der Waals surface area contributed by atoms with Crippen LogP contribution in [0.25, 0.3) is 50.4 Å². The zero-order valence-electron chi connectivity index (χ0n) is 20.3. The number of benzene rings is 4. The zero-order valence-corrected chi connectivity index (χ0v) is 20.3. The highest BCUT2D eigenvalue weighted by atomic mass is 15.1. The van der Waals surface area contributed by atoms with Gasteiger partial charge in [0.05, 0.1) is 16.7 Å². The van der Waals surface area contributed by atoms with Crippen LogP contribution >= 0.6 is 0 Å². The number of pyridine rings is 1. The summed E-state index contributed by atoms with van der Waals surface area (Å²) >= 11 is 0. The molecule has 0 N–H and O–H groups in total. The van der Waals surface area contributed by atoms with Crippen molar-refractivity contribution in [3.63, 3.8) is 0 Å². The first kappa shape index (κ1) is 20.8. The molecule has 0 radical (unpaired) electrons. The van der Waals surface area contributed by atoms with Gasteiger partial charge in [-0.1, -0.05) is 80.6 Å². The van der Waals surface area contributed by atoms with Gasteiger partial charge in [0.1, 0.15) is 5.82 Å². The van der Waals surface area contributed by atoms with E-state index in [2.05, 4.69) is 114 Å². The molecular weight excluding hydrogens is 438 g/mol. The maximum absolute atomic E-state index is 5.08. The van der Waals surface area contributed by atoms with Crippen LogP contribution in [-0.2, 0) is 5.41 Å². The molecule has 36 heavy (non-hydrogen) atoms. The number of hydrogen-bond acceptors (Lipinski definition) is 2. The topological polar surface area (TPSA) is 30.7 Å². The van der Waals surface area contributed by atoms with Crippen LogP contribution in [-0.4, -0.2) is 14.5 Å². The Morgan fingerprint density at radius 1 is 0.583 bits per heavy atom. The maximum atomic E-state index is 5.08. The highest BCUT2D eigenvalue weighted by Gasteiger charge is 2.35. The van der Waals surface area contributed by atoms with Crippen molar-refractivity contribution >= 4 is 11.0 Å². The lowest BCUT2D eigenvalue weighted by atomic mass is 9.74. The molecule has 0 aliphatic carbocycles. The number of imidazole rings is 1. The van der Waals surface area contributed by atoms with E-state index in [1.54, 1.807) is 0 Å². The fourth-order valence-electron chi connectivity index (χ4n) is 5.63. The molecule has 0 spiro atoms. The Hall–Kier alpha value is -4.50. The Labute approximate surface area is 210 Å². The van der Waals surface area contributed by atoms with Crippen molar-refractivity contribution in [1.29, 1.82) is 0 Å². The molecular formula is C33H25N3. The average molecular weight is 464 g/mol. The molecule has 0 unspecified atom stereocenters. The highest BCUT2D eigenvalue weighted by molar-refractivity contribution is 5.90. The van der Waals surface area contributed by atoms with Crippen molar-refractivity contribution in [1.82, 2.24) is 14.5 Å². The molecule has 172 valence electrons. The van der Waals surface area contributed by atoms with Gasteiger partial charge in [-0.2, -0.15) is 0 Å². The van der Waals surface area contributed by atoms with E-state index in [4.69, 9.17) is 4.98 Å². The van der Waals surface area contributed by atoms with Crippen LogP contribution < -0.4 is 0 Å². The van der Waals surface area contributed by atoms with Gasteiger partial charge in [-0.05, 0) is 69.8 Å². The van der Waals surface area contributed by atoms with Crippen LogP contribution in [0.3, 0.4) is 0 Å². The number of hydrogen-bond donors (Lipinski definition) is 0. The predicted octanol–water partition coefficient (Wildman–Crippen LogP) is 8.06. The Morgan fingerprint density at radius 3 is 2.08 bits per heavy atom. The summed E-state index contributed by atoms with van der Waals surface area (Å²) in [4.78, 5) is 9.30. The number of aromatic nitrogens is 3. The number of fused-ring (bicyclic) bond motifs is 2. The quantitative estimate of drug-likeness (QED) is 0.266. The third-order valence-corrected chi connectivity index (χ3v) is 7.50. The summed E-state index contributed by atoms with van der Waals surface area (Å²) in [5.41, 5.74) is 11.8. The summed E-state index contributed by atoms with van der Waals surface area (Å²) < 4.78 is 2.34. The van der Waals surface area contributed by atoms with Crippen molar-refractivity contribution in [2.45, 2.75) is 19.3 Å². The van der Waals surface area contributed by atoms with Crippen LogP contribution in [0.1, 0.15) is 25.0 Å².